The van der Waals surface area contributed by atoms with Crippen molar-refractivity contribution in [1.82, 2.24) is 5.32 Å². The van der Waals surface area contributed by atoms with Gasteiger partial charge in [0.05, 0.1) is 18.2 Å². The molecule has 6 heteroatoms. The van der Waals surface area contributed by atoms with Gasteiger partial charge in [-0.1, -0.05) is 49.1 Å². The minimum atomic E-state index is -4.72. The smallest absolute Gasteiger partial charge is 0.406 e. The molecule has 4 rings (SSSR count). The van der Waals surface area contributed by atoms with Crippen molar-refractivity contribution in [2.75, 3.05) is 13.2 Å². The normalized spacial score (nSPS) is 27.1. The van der Waals surface area contributed by atoms with Crippen molar-refractivity contribution in [3.05, 3.63) is 71.8 Å². The Hall–Kier alpha value is -2.31. The molecule has 2 aliphatic rings. The largest absolute Gasteiger partial charge is 0.573 e. The molecule has 0 bridgehead atoms. The molecule has 2 aliphatic heterocycles. The Kier molecular flexibility index (Phi) is 5.40. The molecule has 0 radical (unpaired) electrons. The number of halogens is 3. The molecule has 3 atom stereocenters. The maximum Gasteiger partial charge on any atom is 0.573 e. The molecule has 29 heavy (non-hydrogen) atoms. The van der Waals surface area contributed by atoms with Crippen LogP contribution >= 0.6 is 0 Å². The molecule has 1 N–H and O–H groups in total. The number of hydrogen-bond donors (Lipinski definition) is 1. The predicted molar refractivity (Wildman–Crippen MR) is 106 cm³/mol. The van der Waals surface area contributed by atoms with Gasteiger partial charge in [0.25, 0.3) is 0 Å². The molecule has 2 saturated heterocycles. The molecule has 0 unspecified atom stereocenters. The van der Waals surface area contributed by atoms with Gasteiger partial charge in [0.15, 0.2) is 0 Å². The highest BCUT2D eigenvalue weighted by Crippen LogP contribution is 2.49. The SMILES string of the molecule is C=Cc1ccc(OC(F)(F)F)cc1[C@@H]1CO[C@]2(CCCN[C@H]2c2ccccc2)C1. The summed E-state index contributed by atoms with van der Waals surface area (Å²) in [6, 6.07) is 14.7. The van der Waals surface area contributed by atoms with Gasteiger partial charge >= 0.3 is 6.36 Å². The Balaban J connectivity index is 1.63. The van der Waals surface area contributed by atoms with E-state index in [4.69, 9.17) is 4.74 Å². The average Bonchev–Trinajstić information content (AvgIpc) is 3.12. The van der Waals surface area contributed by atoms with Gasteiger partial charge in [-0.05, 0) is 54.6 Å². The average molecular weight is 403 g/mol. The zero-order valence-corrected chi connectivity index (χ0v) is 16.0. The van der Waals surface area contributed by atoms with Crippen LogP contribution in [0.15, 0.2) is 55.1 Å². The number of nitrogens with one attached hydrogen (secondary N) is 1. The molecule has 2 heterocycles. The van der Waals surface area contributed by atoms with E-state index >= 15 is 0 Å². The Bertz CT molecular complexity index is 868. The quantitative estimate of drug-likeness (QED) is 0.721. The zero-order valence-electron chi connectivity index (χ0n) is 16.0. The molecule has 2 fully saturated rings. The van der Waals surface area contributed by atoms with Crippen molar-refractivity contribution in [3.63, 3.8) is 0 Å². The highest BCUT2D eigenvalue weighted by Gasteiger charge is 2.49. The summed E-state index contributed by atoms with van der Waals surface area (Å²) in [5.74, 6) is -0.230. The second kappa shape index (κ2) is 7.84. The maximum absolute atomic E-state index is 12.7. The first kappa shape index (κ1) is 20.0. The zero-order chi connectivity index (χ0) is 20.5. The first-order chi connectivity index (χ1) is 13.9. The van der Waals surface area contributed by atoms with Crippen LogP contribution in [0.2, 0.25) is 0 Å². The Morgan fingerprint density at radius 2 is 1.97 bits per heavy atom. The van der Waals surface area contributed by atoms with E-state index in [1.165, 1.54) is 17.7 Å². The van der Waals surface area contributed by atoms with Crippen LogP contribution in [0.5, 0.6) is 5.75 Å². The van der Waals surface area contributed by atoms with Crippen LogP contribution in [0.4, 0.5) is 13.2 Å². The summed E-state index contributed by atoms with van der Waals surface area (Å²) in [5, 5.41) is 3.59. The van der Waals surface area contributed by atoms with E-state index in [0.29, 0.717) is 6.61 Å². The molecule has 154 valence electrons. The number of hydrogen-bond acceptors (Lipinski definition) is 3. The molecule has 2 aromatic carbocycles. The Morgan fingerprint density at radius 1 is 1.17 bits per heavy atom. The minimum Gasteiger partial charge on any atom is -0.406 e. The summed E-state index contributed by atoms with van der Waals surface area (Å²) < 4.78 is 48.6. The van der Waals surface area contributed by atoms with Gasteiger partial charge in [0, 0.05) is 5.92 Å². The minimum absolute atomic E-state index is 0.0223. The molecule has 0 aliphatic carbocycles. The van der Waals surface area contributed by atoms with Gasteiger partial charge < -0.3 is 14.8 Å². The van der Waals surface area contributed by atoms with Gasteiger partial charge in [0.1, 0.15) is 5.75 Å². The third kappa shape index (κ3) is 4.19. The van der Waals surface area contributed by atoms with E-state index in [-0.39, 0.29) is 23.3 Å². The van der Waals surface area contributed by atoms with Crippen LogP contribution < -0.4 is 10.1 Å². The summed E-state index contributed by atoms with van der Waals surface area (Å²) >= 11 is 0. The van der Waals surface area contributed by atoms with Gasteiger partial charge in [0.2, 0.25) is 0 Å². The van der Waals surface area contributed by atoms with Crippen molar-refractivity contribution in [2.45, 2.75) is 43.2 Å². The van der Waals surface area contributed by atoms with E-state index in [0.717, 1.165) is 36.9 Å². The fourth-order valence-electron chi connectivity index (χ4n) is 4.70. The van der Waals surface area contributed by atoms with E-state index in [2.05, 4.69) is 28.8 Å². The fourth-order valence-corrected chi connectivity index (χ4v) is 4.70. The van der Waals surface area contributed by atoms with E-state index < -0.39 is 6.36 Å². The second-order valence-electron chi connectivity index (χ2n) is 7.72. The van der Waals surface area contributed by atoms with Gasteiger partial charge in [-0.2, -0.15) is 0 Å². The van der Waals surface area contributed by atoms with Gasteiger partial charge in [-0.25, -0.2) is 0 Å². The van der Waals surface area contributed by atoms with Gasteiger partial charge in [-0.15, -0.1) is 13.2 Å². The summed E-state index contributed by atoms with van der Waals surface area (Å²) in [6.07, 6.45) is -0.396. The van der Waals surface area contributed by atoms with Crippen LogP contribution in [0.25, 0.3) is 6.08 Å². The summed E-state index contributed by atoms with van der Waals surface area (Å²) in [6.45, 7) is 5.20. The number of piperidine rings is 1. The molecule has 2 aromatic rings. The summed E-state index contributed by atoms with van der Waals surface area (Å²) in [5.41, 5.74) is 2.40. The Morgan fingerprint density at radius 3 is 2.69 bits per heavy atom. The van der Waals surface area contributed by atoms with E-state index in [9.17, 15) is 13.2 Å². The third-order valence-electron chi connectivity index (χ3n) is 5.90. The van der Waals surface area contributed by atoms with Crippen LogP contribution in [0.3, 0.4) is 0 Å². The van der Waals surface area contributed by atoms with Gasteiger partial charge in [-0.3, -0.25) is 0 Å². The van der Waals surface area contributed by atoms with Crippen molar-refractivity contribution < 1.29 is 22.6 Å². The maximum atomic E-state index is 12.7. The Labute approximate surface area is 168 Å². The van der Waals surface area contributed by atoms with Crippen LogP contribution in [0.1, 0.15) is 47.9 Å². The number of alkyl halides is 3. The fraction of sp³-hybridized carbons (Fsp3) is 0.391. The van der Waals surface area contributed by atoms with Crippen LogP contribution in [-0.4, -0.2) is 25.1 Å². The molecule has 3 nitrogen and oxygen atoms in total. The first-order valence-electron chi connectivity index (χ1n) is 9.85. The first-order valence-corrected chi connectivity index (χ1v) is 9.85. The lowest BCUT2D eigenvalue weighted by molar-refractivity contribution is -0.274. The van der Waals surface area contributed by atoms with E-state index in [1.807, 2.05) is 18.2 Å². The summed E-state index contributed by atoms with van der Waals surface area (Å²) in [4.78, 5) is 0. The van der Waals surface area contributed by atoms with Crippen molar-refractivity contribution >= 4 is 6.08 Å². The third-order valence-corrected chi connectivity index (χ3v) is 5.90. The number of ether oxygens (including phenoxy) is 2. The van der Waals surface area contributed by atoms with Crippen LogP contribution in [0, 0.1) is 0 Å². The highest BCUT2D eigenvalue weighted by atomic mass is 19.4. The summed E-state index contributed by atoms with van der Waals surface area (Å²) in [7, 11) is 0. The monoisotopic (exact) mass is 403 g/mol. The second-order valence-corrected chi connectivity index (χ2v) is 7.72. The lowest BCUT2D eigenvalue weighted by Gasteiger charge is -2.41. The molecular weight excluding hydrogens is 379 g/mol. The molecule has 0 aromatic heterocycles. The van der Waals surface area contributed by atoms with Crippen molar-refractivity contribution in [2.24, 2.45) is 0 Å². The highest BCUT2D eigenvalue weighted by molar-refractivity contribution is 5.55. The number of rotatable bonds is 4. The van der Waals surface area contributed by atoms with E-state index in [1.54, 1.807) is 12.1 Å². The number of benzene rings is 2. The van der Waals surface area contributed by atoms with Crippen molar-refractivity contribution in [3.8, 4) is 5.75 Å². The lowest BCUT2D eigenvalue weighted by Crippen LogP contribution is -2.48. The predicted octanol–water partition coefficient (Wildman–Crippen LogP) is 5.60. The van der Waals surface area contributed by atoms with Crippen LogP contribution in [-0.2, 0) is 4.74 Å². The molecule has 1 spiro atoms. The van der Waals surface area contributed by atoms with Crippen molar-refractivity contribution in [1.29, 1.82) is 0 Å². The molecule has 0 saturated carbocycles. The molecular formula is C23H24F3NO2. The lowest BCUT2D eigenvalue weighted by atomic mass is 9.76. The molecule has 0 amide bonds. The topological polar surface area (TPSA) is 30.5 Å². The standard InChI is InChI=1S/C23H24F3NO2/c1-2-16-9-10-19(29-23(24,25)26)13-20(16)18-14-22(28-15-18)11-6-12-27-21(22)17-7-4-3-5-8-17/h2-5,7-10,13,18,21,27H,1,6,11-12,14-15H2/t18-,21-,22+/m0/s1.